The van der Waals surface area contributed by atoms with Gasteiger partial charge in [0.1, 0.15) is 0 Å². The monoisotopic (exact) mass is 550 g/mol. The number of carbonyl (C=O) groups excluding carboxylic acids is 3. The number of Topliss-reactive ketones (excluding diaryl/α,β-unsaturated/α-hetero) is 1. The molecule has 0 aliphatic heterocycles. The van der Waals surface area contributed by atoms with E-state index in [1.807, 2.05) is 97.0 Å². The van der Waals surface area contributed by atoms with Crippen molar-refractivity contribution in [3.8, 4) is 0 Å². The molecule has 0 aliphatic rings. The maximum Gasteiger partial charge on any atom is 0.195 e. The van der Waals surface area contributed by atoms with Gasteiger partial charge in [0.15, 0.2) is 25.8 Å². The highest BCUT2D eigenvalue weighted by atomic mass is 31.1. The SMILES string of the molecule is CC(=O)c1cccc(C)c1.Cc1cc(C)c(C(=O)c2cccc(P=O)c2C(=O)c2c(C)cc(C)cc2C)c(C)c1. The third kappa shape index (κ3) is 6.76. The summed E-state index contributed by atoms with van der Waals surface area (Å²) in [5, 5.41) is 0.327. The first-order valence-electron chi connectivity index (χ1n) is 13.1. The van der Waals surface area contributed by atoms with Crippen molar-refractivity contribution in [2.75, 3.05) is 0 Å². The van der Waals surface area contributed by atoms with Crippen LogP contribution in [0.15, 0.2) is 66.7 Å². The van der Waals surface area contributed by atoms with Gasteiger partial charge in [-0.1, -0.05) is 71.3 Å². The molecule has 0 bridgehead atoms. The highest BCUT2D eigenvalue weighted by molar-refractivity contribution is 7.34. The highest BCUT2D eigenvalue weighted by Gasteiger charge is 2.26. The number of hydrogen-bond acceptors (Lipinski definition) is 4. The van der Waals surface area contributed by atoms with Crippen molar-refractivity contribution in [1.29, 1.82) is 0 Å². The van der Waals surface area contributed by atoms with E-state index < -0.39 is 0 Å². The van der Waals surface area contributed by atoms with Crippen molar-refractivity contribution in [3.63, 3.8) is 0 Å². The molecular formula is C35H35O4P. The number of hydrogen-bond donors (Lipinski definition) is 0. The second kappa shape index (κ2) is 12.9. The lowest BCUT2D eigenvalue weighted by Gasteiger charge is -2.16. The minimum Gasteiger partial charge on any atom is -0.295 e. The van der Waals surface area contributed by atoms with Crippen molar-refractivity contribution in [2.45, 2.75) is 55.4 Å². The van der Waals surface area contributed by atoms with Crippen molar-refractivity contribution in [1.82, 2.24) is 0 Å². The van der Waals surface area contributed by atoms with Crippen LogP contribution in [0.5, 0.6) is 0 Å². The lowest BCUT2D eigenvalue weighted by atomic mass is 9.87. The van der Waals surface area contributed by atoms with Crippen LogP contribution in [0.1, 0.15) is 88.1 Å². The van der Waals surface area contributed by atoms with Gasteiger partial charge in [-0.3, -0.25) is 18.9 Å². The Balaban J connectivity index is 0.000000371. The van der Waals surface area contributed by atoms with Gasteiger partial charge in [0.2, 0.25) is 0 Å². The molecule has 0 amide bonds. The summed E-state index contributed by atoms with van der Waals surface area (Å²) < 4.78 is 11.9. The van der Waals surface area contributed by atoms with E-state index in [1.54, 1.807) is 25.1 Å². The van der Waals surface area contributed by atoms with Crippen LogP contribution in [-0.2, 0) is 4.57 Å². The fourth-order valence-corrected chi connectivity index (χ4v) is 5.70. The van der Waals surface area contributed by atoms with E-state index in [0.717, 1.165) is 44.5 Å². The van der Waals surface area contributed by atoms with Gasteiger partial charge < -0.3 is 0 Å². The second-order valence-corrected chi connectivity index (χ2v) is 11.1. The molecule has 0 saturated heterocycles. The van der Waals surface area contributed by atoms with E-state index in [4.69, 9.17) is 0 Å². The summed E-state index contributed by atoms with van der Waals surface area (Å²) in [7, 11) is -0.289. The van der Waals surface area contributed by atoms with E-state index >= 15 is 0 Å². The molecule has 0 heterocycles. The first-order chi connectivity index (χ1) is 18.8. The molecule has 4 aromatic rings. The van der Waals surface area contributed by atoms with E-state index in [-0.39, 0.29) is 36.9 Å². The van der Waals surface area contributed by atoms with Crippen LogP contribution >= 0.6 is 8.46 Å². The Morgan fingerprint density at radius 2 is 1.02 bits per heavy atom. The second-order valence-electron chi connectivity index (χ2n) is 10.4. The zero-order valence-corrected chi connectivity index (χ0v) is 25.3. The van der Waals surface area contributed by atoms with E-state index in [2.05, 4.69) is 0 Å². The molecule has 204 valence electrons. The van der Waals surface area contributed by atoms with Gasteiger partial charge in [-0.2, -0.15) is 0 Å². The van der Waals surface area contributed by atoms with Crippen molar-refractivity contribution >= 4 is 31.1 Å². The predicted octanol–water partition coefficient (Wildman–Crippen LogP) is 8.11. The Bertz CT molecular complexity index is 1600. The molecule has 4 nitrogen and oxygen atoms in total. The summed E-state index contributed by atoms with van der Waals surface area (Å²) in [6.07, 6.45) is 0. The summed E-state index contributed by atoms with van der Waals surface area (Å²) in [5.41, 5.74) is 9.14. The average Bonchev–Trinajstić information content (AvgIpc) is 2.87. The van der Waals surface area contributed by atoms with Crippen molar-refractivity contribution in [3.05, 3.63) is 133 Å². The van der Waals surface area contributed by atoms with Crippen LogP contribution in [0.3, 0.4) is 0 Å². The Kier molecular flexibility index (Phi) is 9.84. The fraction of sp³-hybridized carbons (Fsp3) is 0.229. The molecule has 0 unspecified atom stereocenters. The summed E-state index contributed by atoms with van der Waals surface area (Å²) in [4.78, 5) is 38.1. The molecule has 0 N–H and O–H groups in total. The first-order valence-corrected chi connectivity index (χ1v) is 14.0. The summed E-state index contributed by atoms with van der Waals surface area (Å²) in [6, 6.07) is 20.4. The quantitative estimate of drug-likeness (QED) is 0.180. The Labute approximate surface area is 238 Å². The van der Waals surface area contributed by atoms with Gasteiger partial charge in [0, 0.05) is 27.8 Å². The Morgan fingerprint density at radius 1 is 0.550 bits per heavy atom. The number of benzene rings is 4. The van der Waals surface area contributed by atoms with Gasteiger partial charge in [-0.05, 0) is 89.8 Å². The van der Waals surface area contributed by atoms with E-state index in [1.165, 1.54) is 0 Å². The molecule has 5 heteroatoms. The topological polar surface area (TPSA) is 68.3 Å². The summed E-state index contributed by atoms with van der Waals surface area (Å²) >= 11 is 0. The minimum atomic E-state index is -0.289. The molecule has 40 heavy (non-hydrogen) atoms. The molecular weight excluding hydrogens is 515 g/mol. The fourth-order valence-electron chi connectivity index (χ4n) is 5.24. The zero-order chi connectivity index (χ0) is 29.7. The standard InChI is InChI=1S/C26H25O3P.C9H10O/c1-14-10-16(3)22(17(4)11-14)25(27)20-8-7-9-21(30-29)24(20)26(28)23-18(5)12-15(2)13-19(23)6;1-7-4-3-5-9(6-7)8(2)10/h7-13H,1-6H3;3-6H,1-2H3. The smallest absolute Gasteiger partial charge is 0.195 e. The van der Waals surface area contributed by atoms with Gasteiger partial charge in [-0.15, -0.1) is 0 Å². The van der Waals surface area contributed by atoms with Gasteiger partial charge in [0.05, 0.1) is 5.30 Å². The van der Waals surface area contributed by atoms with Gasteiger partial charge in [0.25, 0.3) is 0 Å². The normalized spacial score (nSPS) is 10.6. The van der Waals surface area contributed by atoms with Crippen LogP contribution in [0.4, 0.5) is 0 Å². The number of carbonyl (C=O) groups is 3. The molecule has 4 aromatic carbocycles. The summed E-state index contributed by atoms with van der Waals surface area (Å²) in [5.74, 6) is -0.361. The number of rotatable bonds is 6. The molecule has 0 aliphatic carbocycles. The molecule has 0 atom stereocenters. The molecule has 0 spiro atoms. The van der Waals surface area contributed by atoms with Crippen LogP contribution < -0.4 is 5.30 Å². The number of aryl methyl sites for hydroxylation is 7. The van der Waals surface area contributed by atoms with Crippen LogP contribution in [0, 0.1) is 48.5 Å². The molecule has 0 saturated carbocycles. The van der Waals surface area contributed by atoms with Crippen molar-refractivity contribution < 1.29 is 18.9 Å². The largest absolute Gasteiger partial charge is 0.295 e. The maximum atomic E-state index is 13.7. The van der Waals surface area contributed by atoms with Crippen LogP contribution in [0.2, 0.25) is 0 Å². The lowest BCUT2D eigenvalue weighted by molar-refractivity contribution is 0.100. The predicted molar refractivity (Wildman–Crippen MR) is 163 cm³/mol. The van der Waals surface area contributed by atoms with Crippen LogP contribution in [-0.4, -0.2) is 17.3 Å². The number of ketones is 3. The van der Waals surface area contributed by atoms with Gasteiger partial charge in [-0.25, -0.2) is 0 Å². The minimum absolute atomic E-state index is 0.128. The zero-order valence-electron chi connectivity index (χ0n) is 24.4. The molecule has 0 aromatic heterocycles. The Hall–Kier alpha value is -4.01. The summed E-state index contributed by atoms with van der Waals surface area (Å²) in [6.45, 7) is 15.1. The van der Waals surface area contributed by atoms with Crippen LogP contribution in [0.25, 0.3) is 0 Å². The van der Waals surface area contributed by atoms with Crippen molar-refractivity contribution in [2.24, 2.45) is 0 Å². The third-order valence-electron chi connectivity index (χ3n) is 6.85. The maximum absolute atomic E-state index is 13.7. The highest BCUT2D eigenvalue weighted by Crippen LogP contribution is 2.26. The molecule has 4 rings (SSSR count). The molecule has 0 radical (unpaired) electrons. The molecule has 0 fully saturated rings. The van der Waals surface area contributed by atoms with E-state index in [0.29, 0.717) is 16.4 Å². The lowest BCUT2D eigenvalue weighted by Crippen LogP contribution is -2.21. The average molecular weight is 551 g/mol. The van der Waals surface area contributed by atoms with E-state index in [9.17, 15) is 18.9 Å². The van der Waals surface area contributed by atoms with Gasteiger partial charge >= 0.3 is 0 Å². The Morgan fingerprint density at radius 3 is 1.45 bits per heavy atom. The first kappa shape index (κ1) is 30.5. The third-order valence-corrected chi connectivity index (χ3v) is 7.41.